The average Bonchev–Trinajstić information content (AvgIpc) is 1.85. The Morgan fingerprint density at radius 3 is 2.33 bits per heavy atom. The first-order chi connectivity index (χ1) is 5.37. The lowest BCUT2D eigenvalue weighted by molar-refractivity contribution is -0.298. The number of hydrogen-bond donors (Lipinski definition) is 0. The minimum Gasteiger partial charge on any atom is -0.544 e. The molecule has 0 fully saturated rings. The Bertz CT molecular complexity index is 248. The molecular weight excluding hydrogens is 175 g/mol. The highest BCUT2D eigenvalue weighted by Crippen LogP contribution is 2.20. The molecule has 0 spiro atoms. The lowest BCUT2D eigenvalue weighted by atomic mass is 10.2. The van der Waals surface area contributed by atoms with Crippen molar-refractivity contribution in [2.75, 3.05) is 0 Å². The summed E-state index contributed by atoms with van der Waals surface area (Å²) in [5.41, 5.74) is -1.01. The van der Waals surface area contributed by atoms with Gasteiger partial charge in [0.05, 0.1) is 18.0 Å². The Balaban J connectivity index is 4.36. The molecule has 66 valence electrons. The Morgan fingerprint density at radius 2 is 2.08 bits per heavy atom. The monoisotopic (exact) mass is 178 g/mol. The molecule has 0 radical (unpaired) electrons. The molecule has 0 heterocycles. The molecule has 0 bridgehead atoms. The van der Waals surface area contributed by atoms with Crippen LogP contribution in [0, 0.1) is 11.3 Å². The summed E-state index contributed by atoms with van der Waals surface area (Å²) in [4.78, 5) is 9.88. The number of aliphatic carboxylic acids is 1. The van der Waals surface area contributed by atoms with Crippen molar-refractivity contribution in [1.29, 1.82) is 5.26 Å². The van der Waals surface area contributed by atoms with Crippen molar-refractivity contribution in [3.8, 4) is 6.07 Å². The smallest absolute Gasteiger partial charge is 0.392 e. The number of hydrogen-bond acceptors (Lipinski definition) is 3. The number of allylic oxidation sites excluding steroid dienone is 1. The Labute approximate surface area is 65.7 Å². The van der Waals surface area contributed by atoms with Crippen LogP contribution in [0.1, 0.15) is 6.42 Å². The average molecular weight is 178 g/mol. The molecule has 12 heavy (non-hydrogen) atoms. The van der Waals surface area contributed by atoms with Gasteiger partial charge in [0, 0.05) is 0 Å². The van der Waals surface area contributed by atoms with E-state index in [1.165, 1.54) is 0 Å². The van der Waals surface area contributed by atoms with E-state index < -0.39 is 24.1 Å². The number of rotatable bonds is 2. The second-order valence-electron chi connectivity index (χ2n) is 1.84. The molecule has 0 aromatic heterocycles. The van der Waals surface area contributed by atoms with E-state index in [1.54, 1.807) is 0 Å². The summed E-state index contributed by atoms with van der Waals surface area (Å²) in [6.45, 7) is 0. The predicted molar refractivity (Wildman–Crippen MR) is 29.4 cm³/mol. The maximum Gasteiger partial charge on any atom is 0.392 e. The fourth-order valence-corrected chi connectivity index (χ4v) is 0.392. The third-order valence-corrected chi connectivity index (χ3v) is 0.878. The van der Waals surface area contributed by atoms with Gasteiger partial charge in [0.2, 0.25) is 0 Å². The van der Waals surface area contributed by atoms with Gasteiger partial charge in [0.1, 0.15) is 6.07 Å². The van der Waals surface area contributed by atoms with E-state index in [4.69, 9.17) is 5.26 Å². The molecule has 6 heteroatoms. The van der Waals surface area contributed by atoms with Crippen molar-refractivity contribution < 1.29 is 23.1 Å². The molecule has 0 aliphatic carbocycles. The van der Waals surface area contributed by atoms with Crippen LogP contribution in [0.4, 0.5) is 13.2 Å². The van der Waals surface area contributed by atoms with Crippen LogP contribution in [-0.2, 0) is 4.79 Å². The number of carbonyl (C=O) groups is 1. The summed E-state index contributed by atoms with van der Waals surface area (Å²) in [6.07, 6.45) is -5.67. The quantitative estimate of drug-likeness (QED) is 0.446. The molecule has 0 saturated heterocycles. The zero-order valence-corrected chi connectivity index (χ0v) is 5.68. The number of carboxylic acids is 1. The fourth-order valence-electron chi connectivity index (χ4n) is 0.392. The molecule has 0 N–H and O–H groups in total. The summed E-state index contributed by atoms with van der Waals surface area (Å²) < 4.78 is 34.3. The predicted octanol–water partition coefficient (Wildman–Crippen LogP) is 0.139. The van der Waals surface area contributed by atoms with Crippen molar-refractivity contribution in [1.82, 2.24) is 0 Å². The molecule has 0 rings (SSSR count). The van der Waals surface area contributed by atoms with Gasteiger partial charge < -0.3 is 9.90 Å². The van der Waals surface area contributed by atoms with Crippen LogP contribution in [0.25, 0.3) is 0 Å². The maximum absolute atomic E-state index is 11.4. The van der Waals surface area contributed by atoms with Crippen LogP contribution in [-0.4, -0.2) is 12.1 Å². The normalized spacial score (nSPS) is 12.3. The molecule has 0 aromatic carbocycles. The molecule has 0 atom stereocenters. The summed E-state index contributed by atoms with van der Waals surface area (Å²) in [5.74, 6) is -1.90. The topological polar surface area (TPSA) is 63.9 Å². The van der Waals surface area contributed by atoms with E-state index >= 15 is 0 Å². The molecule has 0 unspecified atom stereocenters. The van der Waals surface area contributed by atoms with Crippen molar-refractivity contribution >= 4 is 5.97 Å². The van der Waals surface area contributed by atoms with Gasteiger partial charge in [-0.05, 0) is 0 Å². The minimum atomic E-state index is -4.50. The van der Waals surface area contributed by atoms with Gasteiger partial charge in [0.15, 0.2) is 0 Å². The number of nitrogens with zero attached hydrogens (tertiary/aromatic N) is 1. The molecule has 0 aliphatic heterocycles. The van der Waals surface area contributed by atoms with Gasteiger partial charge in [-0.2, -0.15) is 18.4 Å². The van der Waals surface area contributed by atoms with Crippen LogP contribution in [0.2, 0.25) is 0 Å². The van der Waals surface area contributed by atoms with E-state index in [2.05, 4.69) is 0 Å². The van der Waals surface area contributed by atoms with Crippen LogP contribution in [0.3, 0.4) is 0 Å². The summed E-state index contributed by atoms with van der Waals surface area (Å²) in [6, 6.07) is 1.07. The molecule has 0 aliphatic rings. The van der Waals surface area contributed by atoms with Gasteiger partial charge in [-0.1, -0.05) is 6.08 Å². The second kappa shape index (κ2) is 3.76. The number of alkyl halides is 3. The van der Waals surface area contributed by atoms with Gasteiger partial charge in [-0.15, -0.1) is 0 Å². The number of nitriles is 1. The van der Waals surface area contributed by atoms with E-state index in [9.17, 15) is 23.1 Å². The molecular formula is C6H3F3NO2-. The SMILES string of the molecule is N#CC(=CCC(F)(F)F)C(=O)[O-]. The Hall–Kier alpha value is -1.51. The number of carboxylic acid groups (broad SMARTS) is 1. The van der Waals surface area contributed by atoms with Crippen LogP contribution in [0.5, 0.6) is 0 Å². The zero-order valence-electron chi connectivity index (χ0n) is 5.68. The van der Waals surface area contributed by atoms with E-state index in [0.717, 1.165) is 6.07 Å². The van der Waals surface area contributed by atoms with Crippen molar-refractivity contribution in [3.05, 3.63) is 11.6 Å². The van der Waals surface area contributed by atoms with E-state index in [0.29, 0.717) is 0 Å². The lowest BCUT2D eigenvalue weighted by Gasteiger charge is -2.02. The standard InChI is InChI=1S/C6H4F3NO2/c7-6(8,9)2-1-4(3-10)5(11)12/h1H,2H2,(H,11,12)/p-1. The fraction of sp³-hybridized carbons (Fsp3) is 0.333. The highest BCUT2D eigenvalue weighted by atomic mass is 19.4. The number of halogens is 3. The zero-order chi connectivity index (χ0) is 9.78. The van der Waals surface area contributed by atoms with Crippen molar-refractivity contribution in [3.63, 3.8) is 0 Å². The molecule has 0 amide bonds. The van der Waals surface area contributed by atoms with Gasteiger partial charge in [0.25, 0.3) is 0 Å². The summed E-state index contributed by atoms with van der Waals surface area (Å²) in [5, 5.41) is 17.9. The largest absolute Gasteiger partial charge is 0.544 e. The van der Waals surface area contributed by atoms with Crippen molar-refractivity contribution in [2.24, 2.45) is 0 Å². The highest BCUT2D eigenvalue weighted by molar-refractivity contribution is 5.89. The minimum absolute atomic E-state index is 0.273. The van der Waals surface area contributed by atoms with Gasteiger partial charge in [-0.3, -0.25) is 0 Å². The third kappa shape index (κ3) is 4.33. The first-order valence-corrected chi connectivity index (χ1v) is 2.75. The molecule has 0 aromatic rings. The van der Waals surface area contributed by atoms with Gasteiger partial charge in [-0.25, -0.2) is 0 Å². The molecule has 3 nitrogen and oxygen atoms in total. The van der Waals surface area contributed by atoms with E-state index in [-0.39, 0.29) is 6.08 Å². The molecule has 0 saturated carbocycles. The van der Waals surface area contributed by atoms with Crippen molar-refractivity contribution in [2.45, 2.75) is 12.6 Å². The maximum atomic E-state index is 11.4. The third-order valence-electron chi connectivity index (χ3n) is 0.878. The Morgan fingerprint density at radius 1 is 1.58 bits per heavy atom. The summed E-state index contributed by atoms with van der Waals surface area (Å²) in [7, 11) is 0. The van der Waals surface area contributed by atoms with Gasteiger partial charge >= 0.3 is 6.18 Å². The lowest BCUT2D eigenvalue weighted by Crippen LogP contribution is -2.24. The Kier molecular flexibility index (Phi) is 3.29. The number of carbonyl (C=O) groups excluding carboxylic acids is 1. The van der Waals surface area contributed by atoms with Crippen LogP contribution < -0.4 is 5.11 Å². The van der Waals surface area contributed by atoms with Crippen LogP contribution in [0.15, 0.2) is 11.6 Å². The first-order valence-electron chi connectivity index (χ1n) is 2.75. The van der Waals surface area contributed by atoms with E-state index in [1.807, 2.05) is 0 Å². The first kappa shape index (κ1) is 10.5. The van der Waals surface area contributed by atoms with Crippen LogP contribution >= 0.6 is 0 Å². The summed E-state index contributed by atoms with van der Waals surface area (Å²) >= 11 is 0. The highest BCUT2D eigenvalue weighted by Gasteiger charge is 2.25. The second-order valence-corrected chi connectivity index (χ2v) is 1.84.